The van der Waals surface area contributed by atoms with Crippen LogP contribution < -0.4 is 5.73 Å². The Morgan fingerprint density at radius 3 is 2.67 bits per heavy atom. The predicted octanol–water partition coefficient (Wildman–Crippen LogP) is 2.02. The maximum absolute atomic E-state index is 12.9. The molecule has 0 aliphatic rings. The van der Waals surface area contributed by atoms with Crippen molar-refractivity contribution >= 4 is 11.8 Å². The minimum atomic E-state index is -0.551. The highest BCUT2D eigenvalue weighted by atomic mass is 32.2. The van der Waals surface area contributed by atoms with Crippen LogP contribution in [0.2, 0.25) is 0 Å². The van der Waals surface area contributed by atoms with Crippen LogP contribution in [-0.4, -0.2) is 12.3 Å². The van der Waals surface area contributed by atoms with E-state index in [2.05, 4.69) is 0 Å². The topological polar surface area (TPSA) is 26.0 Å². The van der Waals surface area contributed by atoms with Crippen LogP contribution in [0, 0.1) is 11.6 Å². The highest BCUT2D eigenvalue weighted by Crippen LogP contribution is 2.21. The summed E-state index contributed by atoms with van der Waals surface area (Å²) in [5, 5.41) is 0. The Hall–Kier alpha value is -0.610. The normalized spacial score (nSPS) is 10.2. The van der Waals surface area contributed by atoms with Crippen LogP contribution in [0.25, 0.3) is 0 Å². The Labute approximate surface area is 74.0 Å². The van der Waals surface area contributed by atoms with Gasteiger partial charge >= 0.3 is 0 Å². The number of nitrogens with two attached hydrogens (primary N) is 1. The number of thioether (sulfide) groups is 1. The van der Waals surface area contributed by atoms with E-state index in [4.69, 9.17) is 5.73 Å². The van der Waals surface area contributed by atoms with E-state index in [0.29, 0.717) is 17.2 Å². The summed E-state index contributed by atoms with van der Waals surface area (Å²) in [5.41, 5.74) is 5.24. The zero-order valence-corrected chi connectivity index (χ0v) is 7.20. The number of rotatable bonds is 3. The smallest absolute Gasteiger partial charge is 0.139 e. The molecule has 0 bridgehead atoms. The average Bonchev–Trinajstić information content (AvgIpc) is 2.03. The van der Waals surface area contributed by atoms with Crippen molar-refractivity contribution in [2.75, 3.05) is 12.3 Å². The molecule has 2 N–H and O–H groups in total. The van der Waals surface area contributed by atoms with Gasteiger partial charge in [-0.25, -0.2) is 8.78 Å². The van der Waals surface area contributed by atoms with E-state index >= 15 is 0 Å². The van der Waals surface area contributed by atoms with Gasteiger partial charge in [-0.05, 0) is 12.1 Å². The van der Waals surface area contributed by atoms with Gasteiger partial charge in [0.1, 0.15) is 11.6 Å². The Balaban J connectivity index is 2.72. The van der Waals surface area contributed by atoms with Crippen LogP contribution in [0.4, 0.5) is 8.78 Å². The number of hydrogen-bond acceptors (Lipinski definition) is 2. The number of hydrogen-bond donors (Lipinski definition) is 1. The molecular weight excluding hydrogens is 180 g/mol. The molecule has 66 valence electrons. The molecule has 1 aromatic carbocycles. The summed E-state index contributed by atoms with van der Waals surface area (Å²) in [6.07, 6.45) is 0. The Morgan fingerprint density at radius 1 is 1.33 bits per heavy atom. The second-order valence-corrected chi connectivity index (χ2v) is 3.35. The van der Waals surface area contributed by atoms with Crippen molar-refractivity contribution in [2.45, 2.75) is 4.90 Å². The van der Waals surface area contributed by atoms with Crippen LogP contribution in [-0.2, 0) is 0 Å². The standard InChI is InChI=1S/C8H9F2NS/c9-6-1-2-8(7(10)5-6)12-4-3-11/h1-2,5H,3-4,11H2. The lowest BCUT2D eigenvalue weighted by Crippen LogP contribution is -2.01. The monoisotopic (exact) mass is 189 g/mol. The molecule has 1 nitrogen and oxygen atoms in total. The van der Waals surface area contributed by atoms with E-state index in [-0.39, 0.29) is 0 Å². The van der Waals surface area contributed by atoms with Gasteiger partial charge in [0.2, 0.25) is 0 Å². The van der Waals surface area contributed by atoms with E-state index in [0.717, 1.165) is 6.07 Å². The molecule has 12 heavy (non-hydrogen) atoms. The van der Waals surface area contributed by atoms with Gasteiger partial charge in [0.25, 0.3) is 0 Å². The molecule has 0 spiro atoms. The van der Waals surface area contributed by atoms with Crippen molar-refractivity contribution in [3.05, 3.63) is 29.8 Å². The summed E-state index contributed by atoms with van der Waals surface area (Å²) in [7, 11) is 0. The summed E-state index contributed by atoms with van der Waals surface area (Å²) in [5.74, 6) is -0.430. The largest absolute Gasteiger partial charge is 0.330 e. The lowest BCUT2D eigenvalue weighted by molar-refractivity contribution is 0.565. The first-order valence-electron chi connectivity index (χ1n) is 3.52. The van der Waals surface area contributed by atoms with Gasteiger partial charge in [0.15, 0.2) is 0 Å². The van der Waals surface area contributed by atoms with Gasteiger partial charge < -0.3 is 5.73 Å². The quantitative estimate of drug-likeness (QED) is 0.736. The second kappa shape index (κ2) is 4.42. The lowest BCUT2D eigenvalue weighted by atomic mass is 10.3. The van der Waals surface area contributed by atoms with Crippen molar-refractivity contribution < 1.29 is 8.78 Å². The van der Waals surface area contributed by atoms with E-state index in [1.165, 1.54) is 23.9 Å². The zero-order chi connectivity index (χ0) is 8.97. The van der Waals surface area contributed by atoms with Crippen molar-refractivity contribution in [1.82, 2.24) is 0 Å². The van der Waals surface area contributed by atoms with Crippen LogP contribution >= 0.6 is 11.8 Å². The summed E-state index contributed by atoms with van der Waals surface area (Å²) in [4.78, 5) is 0.446. The van der Waals surface area contributed by atoms with Gasteiger partial charge in [-0.3, -0.25) is 0 Å². The SMILES string of the molecule is NCCSc1ccc(F)cc1F. The third-order valence-corrected chi connectivity index (χ3v) is 2.35. The fraction of sp³-hybridized carbons (Fsp3) is 0.250. The molecule has 0 heterocycles. The van der Waals surface area contributed by atoms with Gasteiger partial charge in [-0.2, -0.15) is 0 Å². The van der Waals surface area contributed by atoms with Gasteiger partial charge in [0.05, 0.1) is 0 Å². The van der Waals surface area contributed by atoms with Gasteiger partial charge in [0, 0.05) is 23.3 Å². The lowest BCUT2D eigenvalue weighted by Gasteiger charge is -2.00. The molecule has 0 aliphatic carbocycles. The third-order valence-electron chi connectivity index (χ3n) is 1.27. The fourth-order valence-corrected chi connectivity index (χ4v) is 1.46. The average molecular weight is 189 g/mol. The minimum absolute atomic E-state index is 0.446. The first kappa shape index (κ1) is 9.48. The summed E-state index contributed by atoms with van der Waals surface area (Å²) >= 11 is 1.29. The number of benzene rings is 1. The third kappa shape index (κ3) is 2.46. The molecule has 0 saturated heterocycles. The van der Waals surface area contributed by atoms with Crippen LogP contribution in [0.15, 0.2) is 23.1 Å². The molecule has 0 amide bonds. The van der Waals surface area contributed by atoms with E-state index in [1.54, 1.807) is 0 Å². The van der Waals surface area contributed by atoms with Crippen molar-refractivity contribution in [1.29, 1.82) is 0 Å². The first-order valence-corrected chi connectivity index (χ1v) is 4.50. The summed E-state index contributed by atoms with van der Waals surface area (Å²) < 4.78 is 25.3. The second-order valence-electron chi connectivity index (χ2n) is 2.21. The fourth-order valence-electron chi connectivity index (χ4n) is 0.761. The molecule has 4 heteroatoms. The summed E-state index contributed by atoms with van der Waals surface area (Å²) in [6, 6.07) is 3.53. The van der Waals surface area contributed by atoms with Crippen LogP contribution in [0.1, 0.15) is 0 Å². The molecule has 0 aromatic heterocycles. The van der Waals surface area contributed by atoms with E-state index in [9.17, 15) is 8.78 Å². The Morgan fingerprint density at radius 2 is 2.08 bits per heavy atom. The number of halogens is 2. The Kier molecular flexibility index (Phi) is 3.49. The van der Waals surface area contributed by atoms with Crippen molar-refractivity contribution in [3.8, 4) is 0 Å². The Bertz CT molecular complexity index is 265. The molecule has 0 aliphatic heterocycles. The molecule has 1 rings (SSSR count). The molecule has 0 unspecified atom stereocenters. The molecule has 0 fully saturated rings. The van der Waals surface area contributed by atoms with E-state index in [1.807, 2.05) is 0 Å². The molecule has 0 radical (unpaired) electrons. The molecule has 0 atom stereocenters. The zero-order valence-electron chi connectivity index (χ0n) is 6.39. The highest BCUT2D eigenvalue weighted by Gasteiger charge is 2.02. The molecule has 0 saturated carbocycles. The summed E-state index contributed by atoms with van der Waals surface area (Å²) in [6.45, 7) is 0.488. The minimum Gasteiger partial charge on any atom is -0.330 e. The van der Waals surface area contributed by atoms with E-state index < -0.39 is 11.6 Å². The van der Waals surface area contributed by atoms with Crippen molar-refractivity contribution in [3.63, 3.8) is 0 Å². The highest BCUT2D eigenvalue weighted by molar-refractivity contribution is 7.99. The maximum Gasteiger partial charge on any atom is 0.139 e. The van der Waals surface area contributed by atoms with Crippen LogP contribution in [0.5, 0.6) is 0 Å². The van der Waals surface area contributed by atoms with Crippen molar-refractivity contribution in [2.24, 2.45) is 5.73 Å². The predicted molar refractivity (Wildman–Crippen MR) is 46.1 cm³/mol. The first-order chi connectivity index (χ1) is 5.74. The van der Waals surface area contributed by atoms with Gasteiger partial charge in [-0.15, -0.1) is 11.8 Å². The maximum atomic E-state index is 12.9. The van der Waals surface area contributed by atoms with Crippen LogP contribution in [0.3, 0.4) is 0 Å². The molecular formula is C8H9F2NS. The molecule has 1 aromatic rings. The van der Waals surface area contributed by atoms with Gasteiger partial charge in [-0.1, -0.05) is 0 Å².